The van der Waals surface area contributed by atoms with E-state index in [9.17, 15) is 9.59 Å². The highest BCUT2D eigenvalue weighted by atomic mass is 16.5. The SMILES string of the molecule is C=CCOc1ccccc1C(=O)NCCCC(=O)O. The van der Waals surface area contributed by atoms with Crippen LogP contribution >= 0.6 is 0 Å². The first kappa shape index (κ1) is 14.8. The van der Waals surface area contributed by atoms with E-state index in [0.29, 0.717) is 30.9 Å². The first-order chi connectivity index (χ1) is 9.15. The molecule has 5 nitrogen and oxygen atoms in total. The van der Waals surface area contributed by atoms with Gasteiger partial charge in [0.05, 0.1) is 5.56 Å². The number of rotatable bonds is 8. The Morgan fingerprint density at radius 1 is 1.37 bits per heavy atom. The highest BCUT2D eigenvalue weighted by Crippen LogP contribution is 2.17. The van der Waals surface area contributed by atoms with Gasteiger partial charge in [0.1, 0.15) is 12.4 Å². The number of hydrogen-bond donors (Lipinski definition) is 2. The molecule has 0 bridgehead atoms. The molecule has 0 unspecified atom stereocenters. The molecule has 1 aromatic rings. The summed E-state index contributed by atoms with van der Waals surface area (Å²) >= 11 is 0. The number of carbonyl (C=O) groups excluding carboxylic acids is 1. The van der Waals surface area contributed by atoms with Crippen molar-refractivity contribution in [3.8, 4) is 5.75 Å². The Labute approximate surface area is 111 Å². The van der Waals surface area contributed by atoms with E-state index in [-0.39, 0.29) is 12.3 Å². The number of carboxylic acids is 1. The Morgan fingerprint density at radius 3 is 2.79 bits per heavy atom. The highest BCUT2D eigenvalue weighted by molar-refractivity contribution is 5.96. The number of hydrogen-bond acceptors (Lipinski definition) is 3. The molecule has 5 heteroatoms. The lowest BCUT2D eigenvalue weighted by atomic mass is 10.2. The summed E-state index contributed by atoms with van der Waals surface area (Å²) in [5.74, 6) is -0.660. The van der Waals surface area contributed by atoms with Crippen LogP contribution in [0.4, 0.5) is 0 Å². The van der Waals surface area contributed by atoms with Crippen LogP contribution in [0, 0.1) is 0 Å². The first-order valence-corrected chi connectivity index (χ1v) is 5.98. The molecule has 0 aliphatic carbocycles. The van der Waals surface area contributed by atoms with Crippen molar-refractivity contribution in [1.29, 1.82) is 0 Å². The summed E-state index contributed by atoms with van der Waals surface area (Å²) in [6, 6.07) is 6.88. The number of carbonyl (C=O) groups is 2. The molecule has 19 heavy (non-hydrogen) atoms. The van der Waals surface area contributed by atoms with Crippen LogP contribution < -0.4 is 10.1 Å². The highest BCUT2D eigenvalue weighted by Gasteiger charge is 2.11. The second-order valence-corrected chi connectivity index (χ2v) is 3.85. The number of amides is 1. The molecule has 0 radical (unpaired) electrons. The van der Waals surface area contributed by atoms with Gasteiger partial charge in [0, 0.05) is 13.0 Å². The molecule has 0 heterocycles. The third-order valence-electron chi connectivity index (χ3n) is 2.34. The Morgan fingerprint density at radius 2 is 2.11 bits per heavy atom. The summed E-state index contributed by atoms with van der Waals surface area (Å²) in [5, 5.41) is 11.2. The summed E-state index contributed by atoms with van der Waals surface area (Å²) in [4.78, 5) is 22.3. The van der Waals surface area contributed by atoms with Gasteiger partial charge in [0.15, 0.2) is 0 Å². The van der Waals surface area contributed by atoms with E-state index in [4.69, 9.17) is 9.84 Å². The molecular formula is C14H17NO4. The summed E-state index contributed by atoms with van der Waals surface area (Å²) in [6.07, 6.45) is 2.03. The van der Waals surface area contributed by atoms with Gasteiger partial charge in [-0.25, -0.2) is 0 Å². The second-order valence-electron chi connectivity index (χ2n) is 3.85. The average Bonchev–Trinajstić information content (AvgIpc) is 2.41. The van der Waals surface area contributed by atoms with Gasteiger partial charge in [-0.15, -0.1) is 0 Å². The molecule has 1 aromatic carbocycles. The molecule has 0 aromatic heterocycles. The first-order valence-electron chi connectivity index (χ1n) is 5.98. The molecule has 0 saturated heterocycles. The maximum Gasteiger partial charge on any atom is 0.303 e. The number of benzene rings is 1. The largest absolute Gasteiger partial charge is 0.489 e. The number of para-hydroxylation sites is 1. The van der Waals surface area contributed by atoms with Crippen LogP contribution in [-0.4, -0.2) is 30.1 Å². The quantitative estimate of drug-likeness (QED) is 0.554. The minimum atomic E-state index is -0.871. The van der Waals surface area contributed by atoms with E-state index >= 15 is 0 Å². The van der Waals surface area contributed by atoms with Crippen molar-refractivity contribution in [3.63, 3.8) is 0 Å². The van der Waals surface area contributed by atoms with E-state index in [0.717, 1.165) is 0 Å². The molecule has 0 aliphatic rings. The molecular weight excluding hydrogens is 246 g/mol. The van der Waals surface area contributed by atoms with Gasteiger partial charge < -0.3 is 15.2 Å². The van der Waals surface area contributed by atoms with E-state index in [1.165, 1.54) is 0 Å². The lowest BCUT2D eigenvalue weighted by molar-refractivity contribution is -0.137. The van der Waals surface area contributed by atoms with Crippen molar-refractivity contribution in [2.45, 2.75) is 12.8 Å². The molecule has 1 rings (SSSR count). The maximum atomic E-state index is 11.9. The van der Waals surface area contributed by atoms with Gasteiger partial charge >= 0.3 is 5.97 Å². The predicted molar refractivity (Wildman–Crippen MR) is 71.3 cm³/mol. The molecule has 102 valence electrons. The monoisotopic (exact) mass is 263 g/mol. The summed E-state index contributed by atoms with van der Waals surface area (Å²) in [7, 11) is 0. The predicted octanol–water partition coefficient (Wildman–Crippen LogP) is 1.85. The van der Waals surface area contributed by atoms with Crippen LogP contribution in [0.25, 0.3) is 0 Å². The summed E-state index contributed by atoms with van der Waals surface area (Å²) in [5.41, 5.74) is 0.430. The zero-order chi connectivity index (χ0) is 14.1. The fourth-order valence-corrected chi connectivity index (χ4v) is 1.47. The molecule has 1 amide bonds. The average molecular weight is 263 g/mol. The lowest BCUT2D eigenvalue weighted by Crippen LogP contribution is -2.25. The number of carboxylic acid groups (broad SMARTS) is 1. The van der Waals surface area contributed by atoms with Gasteiger partial charge in [-0.05, 0) is 18.6 Å². The van der Waals surface area contributed by atoms with Crippen molar-refractivity contribution in [2.75, 3.05) is 13.2 Å². The molecule has 0 saturated carbocycles. The van der Waals surface area contributed by atoms with E-state index in [2.05, 4.69) is 11.9 Å². The number of aliphatic carboxylic acids is 1. The second kappa shape index (κ2) is 7.92. The third kappa shape index (κ3) is 5.25. The normalized spacial score (nSPS) is 9.68. The molecule has 0 atom stereocenters. The van der Waals surface area contributed by atoms with Crippen LogP contribution in [0.3, 0.4) is 0 Å². The van der Waals surface area contributed by atoms with Crippen LogP contribution in [0.1, 0.15) is 23.2 Å². The topological polar surface area (TPSA) is 75.6 Å². The molecule has 0 spiro atoms. The Balaban J connectivity index is 2.55. The number of nitrogens with one attached hydrogen (secondary N) is 1. The fraction of sp³-hybridized carbons (Fsp3) is 0.286. The molecule has 0 fully saturated rings. The van der Waals surface area contributed by atoms with Gasteiger partial charge in [-0.2, -0.15) is 0 Å². The van der Waals surface area contributed by atoms with Crippen molar-refractivity contribution in [1.82, 2.24) is 5.32 Å². The van der Waals surface area contributed by atoms with E-state index in [1.54, 1.807) is 30.3 Å². The van der Waals surface area contributed by atoms with Gasteiger partial charge in [0.2, 0.25) is 0 Å². The molecule has 2 N–H and O–H groups in total. The zero-order valence-corrected chi connectivity index (χ0v) is 10.6. The summed E-state index contributed by atoms with van der Waals surface area (Å²) < 4.78 is 5.38. The van der Waals surface area contributed by atoms with Crippen LogP contribution in [0.15, 0.2) is 36.9 Å². The zero-order valence-electron chi connectivity index (χ0n) is 10.6. The van der Waals surface area contributed by atoms with Crippen molar-refractivity contribution >= 4 is 11.9 Å². The van der Waals surface area contributed by atoms with Gasteiger partial charge in [0.25, 0.3) is 5.91 Å². The van der Waals surface area contributed by atoms with Crippen LogP contribution in [0.2, 0.25) is 0 Å². The van der Waals surface area contributed by atoms with Crippen molar-refractivity contribution < 1.29 is 19.4 Å². The number of ether oxygens (including phenoxy) is 1. The lowest BCUT2D eigenvalue weighted by Gasteiger charge is -2.10. The van der Waals surface area contributed by atoms with Crippen LogP contribution in [0.5, 0.6) is 5.75 Å². The van der Waals surface area contributed by atoms with E-state index in [1.807, 2.05) is 0 Å². The summed E-state index contributed by atoms with van der Waals surface area (Å²) in [6.45, 7) is 4.19. The smallest absolute Gasteiger partial charge is 0.303 e. The maximum absolute atomic E-state index is 11.9. The van der Waals surface area contributed by atoms with Crippen LogP contribution in [-0.2, 0) is 4.79 Å². The Kier molecular flexibility index (Phi) is 6.15. The molecule has 0 aliphatic heterocycles. The van der Waals surface area contributed by atoms with Crippen molar-refractivity contribution in [2.24, 2.45) is 0 Å². The standard InChI is InChI=1S/C14H17NO4/c1-2-10-19-12-7-4-3-6-11(12)14(18)15-9-5-8-13(16)17/h2-4,6-7H,1,5,8-10H2,(H,15,18)(H,16,17). The van der Waals surface area contributed by atoms with E-state index < -0.39 is 5.97 Å². The Bertz CT molecular complexity index is 457. The minimum absolute atomic E-state index is 0.0366. The van der Waals surface area contributed by atoms with Crippen molar-refractivity contribution in [3.05, 3.63) is 42.5 Å². The fourth-order valence-electron chi connectivity index (χ4n) is 1.47. The van der Waals surface area contributed by atoms with Gasteiger partial charge in [-0.1, -0.05) is 24.8 Å². The Hall–Kier alpha value is -2.30. The minimum Gasteiger partial charge on any atom is -0.489 e. The third-order valence-corrected chi connectivity index (χ3v) is 2.34. The van der Waals surface area contributed by atoms with Gasteiger partial charge in [-0.3, -0.25) is 9.59 Å².